The Balaban J connectivity index is 3.28. The molecular weight excluding hydrogens is 266 g/mol. The average molecular weight is 270 g/mol. The summed E-state index contributed by atoms with van der Waals surface area (Å²) < 4.78 is 21.2. The molecule has 2 nitrogen and oxygen atoms in total. The van der Waals surface area contributed by atoms with Gasteiger partial charge < -0.3 is 0 Å². The van der Waals surface area contributed by atoms with Crippen molar-refractivity contribution in [3.8, 4) is 0 Å². The Morgan fingerprint density at radius 2 is 1.80 bits per heavy atom. The summed E-state index contributed by atoms with van der Waals surface area (Å²) >= 11 is 2.20. The number of hydrogen-bond donors (Lipinski definition) is 0. The Bertz CT molecular complexity index is 298. The van der Waals surface area contributed by atoms with Crippen molar-refractivity contribution in [2.45, 2.75) is 0 Å². The van der Waals surface area contributed by atoms with Gasteiger partial charge in [-0.05, 0) is 12.1 Å². The molecule has 0 amide bonds. The normalized spacial score (nSPS) is 10.2. The maximum atomic E-state index is 10.5. The molecule has 0 fully saturated rings. The predicted octanol–water partition coefficient (Wildman–Crippen LogP) is 2.71. The second-order valence-electron chi connectivity index (χ2n) is 1.63. The summed E-state index contributed by atoms with van der Waals surface area (Å²) in [6.45, 7) is 0. The predicted molar refractivity (Wildman–Crippen MR) is 45.5 cm³/mol. The van der Waals surface area contributed by atoms with Gasteiger partial charge in [0, 0.05) is 0 Å². The van der Waals surface area contributed by atoms with E-state index in [9.17, 15) is 6.14 Å². The minimum absolute atomic E-state index is 0.272. The van der Waals surface area contributed by atoms with Gasteiger partial charge in [0.25, 0.3) is 0 Å². The molecule has 0 unspecified atom stereocenters. The van der Waals surface area contributed by atoms with Crippen LogP contribution in [0, 0.1) is 3.57 Å². The van der Waals surface area contributed by atoms with E-state index in [1.165, 1.54) is 6.07 Å². The van der Waals surface area contributed by atoms with Crippen LogP contribution in [0.3, 0.4) is 0 Å². The van der Waals surface area contributed by atoms with E-state index in [2.05, 4.69) is 0 Å². The molecule has 0 radical (unpaired) electrons. The summed E-state index contributed by atoms with van der Waals surface area (Å²) in [6, 6.07) is 6.43. The lowest BCUT2D eigenvalue weighted by Gasteiger charge is -1.89. The Morgan fingerprint density at radius 3 is 2.20 bits per heavy atom. The Hall–Kier alpha value is -0.160. The van der Waals surface area contributed by atoms with Gasteiger partial charge in [0.2, 0.25) is 0 Å². The van der Waals surface area contributed by atoms with Crippen molar-refractivity contribution in [3.05, 3.63) is 32.9 Å². The van der Waals surface area contributed by atoms with E-state index in [0.717, 1.165) is 0 Å². The van der Waals surface area contributed by atoms with Crippen LogP contribution in [0.25, 0.3) is 0 Å². The fourth-order valence-corrected chi connectivity index (χ4v) is 2.19. The first kappa shape index (κ1) is 7.94. The number of rotatable bonds is 1. The molecule has 1 aromatic rings. The van der Waals surface area contributed by atoms with Crippen LogP contribution in [0.5, 0.6) is 0 Å². The summed E-state index contributed by atoms with van der Waals surface area (Å²) in [4.78, 5) is 0. The Labute approximate surface area is 70.3 Å². The third-order valence-corrected chi connectivity index (χ3v) is 3.53. The smallest absolute Gasteiger partial charge is 0.230 e. The molecular formula is C6H4ClIO2. The molecule has 0 aliphatic heterocycles. The lowest BCUT2D eigenvalue weighted by atomic mass is 10.4. The Morgan fingerprint density at radius 1 is 1.20 bits per heavy atom. The highest BCUT2D eigenvalue weighted by Crippen LogP contribution is 2.24. The molecule has 0 aliphatic rings. The first-order chi connectivity index (χ1) is 4.72. The van der Waals surface area contributed by atoms with E-state index in [1.807, 2.05) is 0 Å². The zero-order valence-corrected chi connectivity index (χ0v) is 7.80. The van der Waals surface area contributed by atoms with Crippen LogP contribution >= 0.6 is 31.4 Å². The standard InChI is InChI=1S/C6H4ClIO2/c7-5-3-1-2-4-6(5)8(9)10/h1-4H. The third kappa shape index (κ3) is 1.67. The molecule has 4 heteroatoms. The van der Waals surface area contributed by atoms with Gasteiger partial charge in [0.15, 0.2) is 0 Å². The van der Waals surface area contributed by atoms with Gasteiger partial charge in [-0.15, -0.1) is 0 Å². The summed E-state index contributed by atoms with van der Waals surface area (Å²) in [5.41, 5.74) is 0. The fraction of sp³-hybridized carbons (Fsp3) is 0. The fourth-order valence-electron chi connectivity index (χ4n) is 0.564. The van der Waals surface area contributed by atoms with E-state index in [1.54, 1.807) is 18.2 Å². The first-order valence-electron chi connectivity index (χ1n) is 2.51. The largest absolute Gasteiger partial charge is 0.342 e. The van der Waals surface area contributed by atoms with E-state index in [4.69, 9.17) is 11.6 Å². The van der Waals surface area contributed by atoms with Gasteiger partial charge >= 0.3 is 19.8 Å². The maximum absolute atomic E-state index is 10.5. The lowest BCUT2D eigenvalue weighted by Crippen LogP contribution is -1.71. The molecule has 0 saturated carbocycles. The van der Waals surface area contributed by atoms with Crippen LogP contribution in [0.15, 0.2) is 24.3 Å². The van der Waals surface area contributed by atoms with Gasteiger partial charge in [0.05, 0.1) is 8.59 Å². The molecule has 1 rings (SSSR count). The minimum Gasteiger partial charge on any atom is -0.230 e. The lowest BCUT2D eigenvalue weighted by molar-refractivity contribution is 0.610. The van der Waals surface area contributed by atoms with E-state index in [-0.39, 0.29) is 3.57 Å². The highest BCUT2D eigenvalue weighted by Gasteiger charge is 2.01. The summed E-state index contributed by atoms with van der Waals surface area (Å²) in [6.07, 6.45) is 0. The molecule has 0 N–H and O–H groups in total. The summed E-state index contributed by atoms with van der Waals surface area (Å²) in [7, 11) is 0. The van der Waals surface area contributed by atoms with Gasteiger partial charge in [-0.2, -0.15) is 0 Å². The van der Waals surface area contributed by atoms with Crippen LogP contribution in [-0.2, 0) is 6.14 Å². The van der Waals surface area contributed by atoms with Crippen LogP contribution in [-0.4, -0.2) is 0 Å². The Kier molecular flexibility index (Phi) is 2.62. The third-order valence-electron chi connectivity index (χ3n) is 0.991. The molecule has 1 aromatic carbocycles. The quantitative estimate of drug-likeness (QED) is 0.735. The van der Waals surface area contributed by atoms with E-state index < -0.39 is 19.8 Å². The molecule has 0 spiro atoms. The van der Waals surface area contributed by atoms with Crippen LogP contribution in [0.1, 0.15) is 0 Å². The molecule has 0 saturated heterocycles. The van der Waals surface area contributed by atoms with Gasteiger partial charge in [-0.1, -0.05) is 23.7 Å². The molecule has 54 valence electrons. The summed E-state index contributed by atoms with van der Waals surface area (Å²) in [5, 5.41) is 0.317. The van der Waals surface area contributed by atoms with Crippen molar-refractivity contribution in [2.75, 3.05) is 0 Å². The van der Waals surface area contributed by atoms with Crippen molar-refractivity contribution < 1.29 is 6.14 Å². The van der Waals surface area contributed by atoms with Crippen LogP contribution in [0.2, 0.25) is 5.02 Å². The highest BCUT2D eigenvalue weighted by molar-refractivity contribution is 14.2. The topological polar surface area (TPSA) is 34.1 Å². The first-order valence-corrected chi connectivity index (χ1v) is 5.73. The molecule has 0 atom stereocenters. The number of hydrogen-bond acceptors (Lipinski definition) is 2. The maximum Gasteiger partial charge on any atom is 0.342 e. The summed E-state index contributed by atoms with van der Waals surface area (Å²) in [5.74, 6) is 0. The van der Waals surface area contributed by atoms with Crippen molar-refractivity contribution in [3.63, 3.8) is 0 Å². The van der Waals surface area contributed by atoms with Crippen molar-refractivity contribution in [1.29, 1.82) is 0 Å². The monoisotopic (exact) mass is 270 g/mol. The molecule has 0 aliphatic carbocycles. The van der Waals surface area contributed by atoms with E-state index >= 15 is 0 Å². The van der Waals surface area contributed by atoms with Gasteiger partial charge in [0.1, 0.15) is 0 Å². The average Bonchev–Trinajstić information content (AvgIpc) is 1.88. The van der Waals surface area contributed by atoms with Crippen LogP contribution < -0.4 is 0 Å². The van der Waals surface area contributed by atoms with Crippen molar-refractivity contribution >= 4 is 31.4 Å². The second kappa shape index (κ2) is 3.30. The highest BCUT2D eigenvalue weighted by atomic mass is 127. The zero-order chi connectivity index (χ0) is 7.56. The minimum atomic E-state index is -3.36. The number of halogens is 2. The van der Waals surface area contributed by atoms with Crippen LogP contribution in [0.4, 0.5) is 0 Å². The molecule has 0 aromatic heterocycles. The van der Waals surface area contributed by atoms with Gasteiger partial charge in [-0.3, -0.25) is 0 Å². The van der Waals surface area contributed by atoms with E-state index in [0.29, 0.717) is 5.02 Å². The second-order valence-corrected chi connectivity index (χ2v) is 4.44. The van der Waals surface area contributed by atoms with Gasteiger partial charge in [-0.25, -0.2) is 6.14 Å². The molecule has 0 heterocycles. The molecule has 10 heavy (non-hydrogen) atoms. The SMILES string of the molecule is O=I(=O)c1ccccc1Cl. The van der Waals surface area contributed by atoms with Crippen molar-refractivity contribution in [2.24, 2.45) is 0 Å². The van der Waals surface area contributed by atoms with Crippen molar-refractivity contribution in [1.82, 2.24) is 0 Å². The zero-order valence-electron chi connectivity index (χ0n) is 4.88. The number of benzene rings is 1. The molecule has 0 bridgehead atoms.